The van der Waals surface area contributed by atoms with E-state index in [1.165, 1.54) is 12.1 Å². The zero-order valence-electron chi connectivity index (χ0n) is 14.2. The minimum absolute atomic E-state index is 0. The molecule has 0 aliphatic heterocycles. The van der Waals surface area contributed by atoms with E-state index in [-0.39, 0.29) is 42.0 Å². The summed E-state index contributed by atoms with van der Waals surface area (Å²) in [6.07, 6.45) is 0.849. The van der Waals surface area contributed by atoms with Crippen molar-refractivity contribution in [2.45, 2.75) is 30.7 Å². The number of nitro groups is 1. The quantitative estimate of drug-likeness (QED) is 0.466. The third-order valence-electron chi connectivity index (χ3n) is 3.48. The van der Waals surface area contributed by atoms with E-state index in [1.807, 2.05) is 14.0 Å². The van der Waals surface area contributed by atoms with E-state index in [1.54, 1.807) is 0 Å². The Morgan fingerprint density at radius 3 is 2.54 bits per heavy atom. The number of hydrogen-bond donors (Lipinski definition) is 2. The molecule has 1 unspecified atom stereocenters. The monoisotopic (exact) mass is 405 g/mol. The number of benzene rings is 1. The fraction of sp³-hybridized carbons (Fsp3) is 0.429. The van der Waals surface area contributed by atoms with Gasteiger partial charge in [-0.15, -0.1) is 12.4 Å². The zero-order valence-corrected chi connectivity index (χ0v) is 15.8. The third-order valence-corrected chi connectivity index (χ3v) is 4.96. The van der Waals surface area contributed by atoms with Crippen molar-refractivity contribution in [3.05, 3.63) is 46.1 Å². The predicted octanol–water partition coefficient (Wildman–Crippen LogP) is 1.07. The molecular weight excluding hydrogens is 386 g/mol. The van der Waals surface area contributed by atoms with E-state index in [2.05, 4.69) is 20.2 Å². The first-order valence-corrected chi connectivity index (χ1v) is 9.03. The molecule has 2 aromatic rings. The summed E-state index contributed by atoms with van der Waals surface area (Å²) in [4.78, 5) is 14.1. The lowest BCUT2D eigenvalue weighted by atomic mass is 10.2. The summed E-state index contributed by atoms with van der Waals surface area (Å²) in [5, 5.41) is 17.5. The van der Waals surface area contributed by atoms with Crippen LogP contribution in [0.1, 0.15) is 18.6 Å². The molecule has 0 aliphatic rings. The minimum atomic E-state index is -3.76. The maximum absolute atomic E-state index is 12.1. The molecule has 12 heteroatoms. The van der Waals surface area contributed by atoms with Crippen LogP contribution >= 0.6 is 12.4 Å². The van der Waals surface area contributed by atoms with Crippen LogP contribution < -0.4 is 10.0 Å². The fourth-order valence-electron chi connectivity index (χ4n) is 1.97. The molecular formula is C14H20ClN5O5S. The van der Waals surface area contributed by atoms with E-state index < -0.39 is 14.9 Å². The van der Waals surface area contributed by atoms with Crippen molar-refractivity contribution >= 4 is 28.1 Å². The van der Waals surface area contributed by atoms with Crippen molar-refractivity contribution in [3.63, 3.8) is 0 Å². The molecule has 0 bridgehead atoms. The Balaban J connectivity index is 0.00000338. The highest BCUT2D eigenvalue weighted by atomic mass is 35.5. The van der Waals surface area contributed by atoms with Crippen molar-refractivity contribution in [1.82, 2.24) is 20.2 Å². The summed E-state index contributed by atoms with van der Waals surface area (Å²) in [7, 11) is -1.93. The molecule has 2 N–H and O–H groups in total. The van der Waals surface area contributed by atoms with Crippen LogP contribution in [0.25, 0.3) is 0 Å². The molecule has 0 radical (unpaired) electrons. The van der Waals surface area contributed by atoms with E-state index >= 15 is 0 Å². The first kappa shape index (κ1) is 22.0. The number of likely N-dealkylation sites (N-methyl/N-ethyl adjacent to an activating group) is 1. The van der Waals surface area contributed by atoms with Crippen LogP contribution in [0.4, 0.5) is 5.69 Å². The normalized spacial score (nSPS) is 12.4. The van der Waals surface area contributed by atoms with Crippen LogP contribution in [0, 0.1) is 10.1 Å². The van der Waals surface area contributed by atoms with Gasteiger partial charge in [-0.3, -0.25) is 10.1 Å². The second-order valence-corrected chi connectivity index (χ2v) is 7.16. The number of nitro benzene ring substituents is 1. The Kier molecular flexibility index (Phi) is 8.08. The largest absolute Gasteiger partial charge is 0.339 e. The van der Waals surface area contributed by atoms with Gasteiger partial charge in [-0.1, -0.05) is 5.16 Å². The highest BCUT2D eigenvalue weighted by Crippen LogP contribution is 2.15. The van der Waals surface area contributed by atoms with Gasteiger partial charge in [0.2, 0.25) is 15.9 Å². The number of halogens is 1. The van der Waals surface area contributed by atoms with E-state index in [0.29, 0.717) is 18.1 Å². The highest BCUT2D eigenvalue weighted by Gasteiger charge is 2.16. The predicted molar refractivity (Wildman–Crippen MR) is 95.8 cm³/mol. The molecule has 0 spiro atoms. The van der Waals surface area contributed by atoms with Crippen LogP contribution in [-0.2, 0) is 22.9 Å². The van der Waals surface area contributed by atoms with Crippen molar-refractivity contribution < 1.29 is 17.9 Å². The van der Waals surface area contributed by atoms with Gasteiger partial charge in [-0.05, 0) is 26.1 Å². The van der Waals surface area contributed by atoms with Crippen LogP contribution in [0.5, 0.6) is 0 Å². The lowest BCUT2D eigenvalue weighted by Gasteiger charge is -2.05. The molecule has 0 aliphatic carbocycles. The first-order valence-electron chi connectivity index (χ1n) is 7.54. The molecule has 0 fully saturated rings. The molecule has 10 nitrogen and oxygen atoms in total. The van der Waals surface area contributed by atoms with E-state index in [0.717, 1.165) is 12.1 Å². The SMILES string of the molecule is CNC(C)Cc1noc(CCNS(=O)(=O)c2ccc([N+](=O)[O-])cc2)n1.Cl. The molecule has 1 atom stereocenters. The standard InChI is InChI=1S/C14H19N5O5S.ClH/c1-10(15-2)9-13-17-14(24-18-13)7-8-16-25(22,23)12-5-3-11(4-6-12)19(20)21;/h3-6,10,15-16H,7-9H2,1-2H3;1H. The summed E-state index contributed by atoms with van der Waals surface area (Å²) in [5.41, 5.74) is -0.173. The smallest absolute Gasteiger partial charge is 0.269 e. The number of hydrogen-bond acceptors (Lipinski definition) is 8. The number of nitrogens with zero attached hydrogens (tertiary/aromatic N) is 3. The second kappa shape index (κ2) is 9.57. The lowest BCUT2D eigenvalue weighted by Crippen LogP contribution is -2.26. The van der Waals surface area contributed by atoms with Gasteiger partial charge in [0.25, 0.3) is 5.69 Å². The van der Waals surface area contributed by atoms with Crippen LogP contribution in [0.15, 0.2) is 33.7 Å². The Morgan fingerprint density at radius 2 is 1.96 bits per heavy atom. The molecule has 1 heterocycles. The average molecular weight is 406 g/mol. The van der Waals surface area contributed by atoms with Crippen molar-refractivity contribution in [3.8, 4) is 0 Å². The van der Waals surface area contributed by atoms with Crippen molar-refractivity contribution in [2.75, 3.05) is 13.6 Å². The fourth-order valence-corrected chi connectivity index (χ4v) is 3.01. The third kappa shape index (κ3) is 6.02. The Morgan fingerprint density at radius 1 is 1.31 bits per heavy atom. The van der Waals surface area contributed by atoms with Gasteiger partial charge in [-0.2, -0.15) is 4.98 Å². The van der Waals surface area contributed by atoms with Gasteiger partial charge in [0.1, 0.15) is 0 Å². The van der Waals surface area contributed by atoms with Gasteiger partial charge in [0.05, 0.1) is 9.82 Å². The Bertz CT molecular complexity index is 825. The topological polar surface area (TPSA) is 140 Å². The van der Waals surface area contributed by atoms with Gasteiger partial charge in [0, 0.05) is 37.6 Å². The van der Waals surface area contributed by atoms with Crippen molar-refractivity contribution in [2.24, 2.45) is 0 Å². The summed E-state index contributed by atoms with van der Waals surface area (Å²) < 4.78 is 31.7. The van der Waals surface area contributed by atoms with Crippen LogP contribution in [-0.4, -0.2) is 43.1 Å². The summed E-state index contributed by atoms with van der Waals surface area (Å²) in [6.45, 7) is 2.05. The second-order valence-electron chi connectivity index (χ2n) is 5.40. The Labute approximate surface area is 157 Å². The number of rotatable bonds is 9. The zero-order chi connectivity index (χ0) is 18.4. The van der Waals surface area contributed by atoms with Crippen LogP contribution in [0.3, 0.4) is 0 Å². The first-order chi connectivity index (χ1) is 11.8. The van der Waals surface area contributed by atoms with Gasteiger partial charge in [0.15, 0.2) is 5.82 Å². The molecule has 2 rings (SSSR count). The molecule has 1 aromatic carbocycles. The lowest BCUT2D eigenvalue weighted by molar-refractivity contribution is -0.384. The van der Waals surface area contributed by atoms with Crippen molar-refractivity contribution in [1.29, 1.82) is 0 Å². The number of aromatic nitrogens is 2. The summed E-state index contributed by atoms with van der Waals surface area (Å²) >= 11 is 0. The molecule has 26 heavy (non-hydrogen) atoms. The summed E-state index contributed by atoms with van der Waals surface area (Å²) in [5.74, 6) is 0.889. The molecule has 0 saturated carbocycles. The van der Waals surface area contributed by atoms with E-state index in [4.69, 9.17) is 4.52 Å². The van der Waals surface area contributed by atoms with Gasteiger partial charge < -0.3 is 9.84 Å². The average Bonchev–Trinajstić information content (AvgIpc) is 3.01. The van der Waals surface area contributed by atoms with Crippen LogP contribution in [0.2, 0.25) is 0 Å². The van der Waals surface area contributed by atoms with Gasteiger partial charge in [-0.25, -0.2) is 13.1 Å². The van der Waals surface area contributed by atoms with E-state index in [9.17, 15) is 18.5 Å². The molecule has 144 valence electrons. The molecule has 1 aromatic heterocycles. The highest BCUT2D eigenvalue weighted by molar-refractivity contribution is 7.89. The number of non-ortho nitro benzene ring substituents is 1. The maximum atomic E-state index is 12.1. The molecule has 0 amide bonds. The number of sulfonamides is 1. The summed E-state index contributed by atoms with van der Waals surface area (Å²) in [6, 6.07) is 4.85. The number of nitrogens with one attached hydrogen (secondary N) is 2. The van der Waals surface area contributed by atoms with Gasteiger partial charge >= 0.3 is 0 Å². The Hall–Kier alpha value is -2.08. The maximum Gasteiger partial charge on any atom is 0.269 e. The molecule has 0 saturated heterocycles. The minimum Gasteiger partial charge on any atom is -0.339 e.